The number of carbonyl (C=O) groups excluding carboxylic acids is 1. The summed E-state index contributed by atoms with van der Waals surface area (Å²) in [4.78, 5) is 15.0. The van der Waals surface area contributed by atoms with Crippen LogP contribution in [0.2, 0.25) is 0 Å². The molecule has 0 radical (unpaired) electrons. The number of nitriles is 1. The predicted molar refractivity (Wildman–Crippen MR) is 53.5 cm³/mol. The number of hydrogen-bond donors (Lipinski definition) is 0. The number of rotatable bonds is 3. The van der Waals surface area contributed by atoms with Crippen LogP contribution >= 0.6 is 0 Å². The van der Waals surface area contributed by atoms with Gasteiger partial charge in [0, 0.05) is 11.8 Å². The Labute approximate surface area is 82.7 Å². The van der Waals surface area contributed by atoms with Gasteiger partial charge >= 0.3 is 0 Å². The zero-order valence-electron chi connectivity index (χ0n) is 7.90. The Balaban J connectivity index is 2.74. The summed E-state index contributed by atoms with van der Waals surface area (Å²) in [6, 6.07) is 5.48. The molecular formula is C11H10N2O. The molecule has 0 saturated heterocycles. The molecule has 1 aromatic rings. The van der Waals surface area contributed by atoms with Gasteiger partial charge in [0.2, 0.25) is 0 Å². The lowest BCUT2D eigenvalue weighted by molar-refractivity contribution is 0.101. The predicted octanol–water partition coefficient (Wildman–Crippen LogP) is 2.21. The fraction of sp³-hybridized carbons (Fsp3) is 0.182. The van der Waals surface area contributed by atoms with Crippen molar-refractivity contribution in [1.82, 2.24) is 4.98 Å². The maximum Gasteiger partial charge on any atom is 0.161 e. The van der Waals surface area contributed by atoms with E-state index in [2.05, 4.69) is 4.98 Å². The first-order valence-corrected chi connectivity index (χ1v) is 4.24. The summed E-state index contributed by atoms with van der Waals surface area (Å²) < 4.78 is 0. The Morgan fingerprint density at radius 2 is 2.43 bits per heavy atom. The molecule has 1 aromatic heterocycles. The summed E-state index contributed by atoms with van der Waals surface area (Å²) in [5.41, 5.74) is 1.35. The second kappa shape index (κ2) is 4.93. The van der Waals surface area contributed by atoms with Crippen LogP contribution in [0.15, 0.2) is 24.4 Å². The summed E-state index contributed by atoms with van der Waals surface area (Å²) >= 11 is 0. The topological polar surface area (TPSA) is 53.8 Å². The minimum absolute atomic E-state index is 0.00468. The van der Waals surface area contributed by atoms with Crippen LogP contribution in [0.3, 0.4) is 0 Å². The minimum Gasteiger partial charge on any atom is -0.294 e. The molecule has 1 rings (SSSR count). The fourth-order valence-corrected chi connectivity index (χ4v) is 0.945. The molecule has 0 amide bonds. The SMILES string of the molecule is CC(=O)c1ccc(C=CCC#N)nc1. The number of nitrogens with zero attached hydrogens (tertiary/aromatic N) is 2. The van der Waals surface area contributed by atoms with Gasteiger partial charge in [0.1, 0.15) is 0 Å². The van der Waals surface area contributed by atoms with Gasteiger partial charge in [-0.25, -0.2) is 0 Å². The highest BCUT2D eigenvalue weighted by Gasteiger charge is 1.97. The first kappa shape index (κ1) is 10.1. The smallest absolute Gasteiger partial charge is 0.161 e. The lowest BCUT2D eigenvalue weighted by Gasteiger charge is -1.95. The van der Waals surface area contributed by atoms with Crippen LogP contribution in [-0.4, -0.2) is 10.8 Å². The normalized spacial score (nSPS) is 10.0. The second-order valence-electron chi connectivity index (χ2n) is 2.79. The number of carbonyl (C=O) groups is 1. The van der Waals surface area contributed by atoms with Crippen LogP contribution in [0.1, 0.15) is 29.4 Å². The van der Waals surface area contributed by atoms with Crippen LogP contribution in [-0.2, 0) is 0 Å². The maximum absolute atomic E-state index is 10.9. The molecular weight excluding hydrogens is 176 g/mol. The van der Waals surface area contributed by atoms with Gasteiger partial charge in [0.25, 0.3) is 0 Å². The minimum atomic E-state index is 0.00468. The second-order valence-corrected chi connectivity index (χ2v) is 2.79. The summed E-state index contributed by atoms with van der Waals surface area (Å²) in [6.45, 7) is 1.50. The Morgan fingerprint density at radius 1 is 1.64 bits per heavy atom. The van der Waals surface area contributed by atoms with E-state index in [0.717, 1.165) is 5.69 Å². The molecule has 0 aliphatic rings. The summed E-state index contributed by atoms with van der Waals surface area (Å²) in [5.74, 6) is 0.00468. The molecule has 0 spiro atoms. The molecule has 1 heterocycles. The van der Waals surface area contributed by atoms with E-state index in [4.69, 9.17) is 5.26 Å². The molecule has 3 nitrogen and oxygen atoms in total. The van der Waals surface area contributed by atoms with E-state index in [9.17, 15) is 4.79 Å². The summed E-state index contributed by atoms with van der Waals surface area (Å²) in [7, 11) is 0. The molecule has 0 aliphatic carbocycles. The Kier molecular flexibility index (Phi) is 3.57. The van der Waals surface area contributed by atoms with E-state index >= 15 is 0 Å². The molecule has 0 bridgehead atoms. The van der Waals surface area contributed by atoms with E-state index in [-0.39, 0.29) is 5.78 Å². The van der Waals surface area contributed by atoms with Crippen molar-refractivity contribution in [3.63, 3.8) is 0 Å². The maximum atomic E-state index is 10.9. The van der Waals surface area contributed by atoms with Crippen molar-refractivity contribution in [3.05, 3.63) is 35.7 Å². The first-order chi connectivity index (χ1) is 6.74. The van der Waals surface area contributed by atoms with Crippen molar-refractivity contribution in [2.24, 2.45) is 0 Å². The summed E-state index contributed by atoms with van der Waals surface area (Å²) in [5, 5.41) is 8.29. The van der Waals surface area contributed by atoms with E-state index in [1.54, 1.807) is 24.3 Å². The lowest BCUT2D eigenvalue weighted by atomic mass is 10.2. The van der Waals surface area contributed by atoms with Crippen LogP contribution < -0.4 is 0 Å². The zero-order chi connectivity index (χ0) is 10.4. The van der Waals surface area contributed by atoms with E-state index in [1.807, 2.05) is 6.07 Å². The Bertz CT molecular complexity index is 385. The van der Waals surface area contributed by atoms with E-state index in [1.165, 1.54) is 13.1 Å². The third kappa shape index (κ3) is 2.83. The third-order valence-electron chi connectivity index (χ3n) is 1.69. The van der Waals surface area contributed by atoms with E-state index < -0.39 is 0 Å². The van der Waals surface area contributed by atoms with Crippen molar-refractivity contribution in [3.8, 4) is 6.07 Å². The van der Waals surface area contributed by atoms with Crippen molar-refractivity contribution in [2.45, 2.75) is 13.3 Å². The molecule has 14 heavy (non-hydrogen) atoms. The largest absolute Gasteiger partial charge is 0.294 e. The molecule has 0 aromatic carbocycles. The van der Waals surface area contributed by atoms with Gasteiger partial charge in [-0.15, -0.1) is 0 Å². The highest BCUT2D eigenvalue weighted by atomic mass is 16.1. The van der Waals surface area contributed by atoms with Gasteiger partial charge in [-0.3, -0.25) is 9.78 Å². The first-order valence-electron chi connectivity index (χ1n) is 4.24. The van der Waals surface area contributed by atoms with Crippen molar-refractivity contribution >= 4 is 11.9 Å². The Hall–Kier alpha value is -1.95. The molecule has 70 valence electrons. The standard InChI is InChI=1S/C11H10N2O/c1-9(14)10-5-6-11(13-8-10)4-2-3-7-12/h2,4-6,8H,3H2,1H3. The average molecular weight is 186 g/mol. The van der Waals surface area contributed by atoms with Crippen LogP contribution in [0.25, 0.3) is 6.08 Å². The molecule has 0 saturated carbocycles. The zero-order valence-corrected chi connectivity index (χ0v) is 7.90. The number of pyridine rings is 1. The average Bonchev–Trinajstić information content (AvgIpc) is 2.19. The third-order valence-corrected chi connectivity index (χ3v) is 1.69. The van der Waals surface area contributed by atoms with Gasteiger partial charge in [0.05, 0.1) is 18.2 Å². The number of hydrogen-bond acceptors (Lipinski definition) is 3. The molecule has 0 fully saturated rings. The lowest BCUT2D eigenvalue weighted by Crippen LogP contribution is -1.93. The number of Topliss-reactive ketones (excluding diaryl/α,β-unsaturated/α-hetero) is 1. The summed E-state index contributed by atoms with van der Waals surface area (Å²) in [6.07, 6.45) is 5.40. The number of ketones is 1. The molecule has 0 atom stereocenters. The highest BCUT2D eigenvalue weighted by Crippen LogP contribution is 2.03. The van der Waals surface area contributed by atoms with Gasteiger partial charge in [-0.2, -0.15) is 5.26 Å². The Morgan fingerprint density at radius 3 is 2.93 bits per heavy atom. The molecule has 0 N–H and O–H groups in total. The molecule has 0 aliphatic heterocycles. The van der Waals surface area contributed by atoms with Gasteiger partial charge in [-0.1, -0.05) is 6.08 Å². The quantitative estimate of drug-likeness (QED) is 0.680. The van der Waals surface area contributed by atoms with Crippen molar-refractivity contribution in [1.29, 1.82) is 5.26 Å². The molecule has 3 heteroatoms. The monoisotopic (exact) mass is 186 g/mol. The highest BCUT2D eigenvalue weighted by molar-refractivity contribution is 5.93. The van der Waals surface area contributed by atoms with Gasteiger partial charge in [0.15, 0.2) is 5.78 Å². The van der Waals surface area contributed by atoms with Crippen molar-refractivity contribution < 1.29 is 4.79 Å². The van der Waals surface area contributed by atoms with E-state index in [0.29, 0.717) is 12.0 Å². The fourth-order valence-electron chi connectivity index (χ4n) is 0.945. The van der Waals surface area contributed by atoms with Gasteiger partial charge < -0.3 is 0 Å². The van der Waals surface area contributed by atoms with Crippen LogP contribution in [0, 0.1) is 11.3 Å². The number of allylic oxidation sites excluding steroid dienone is 1. The van der Waals surface area contributed by atoms with Crippen LogP contribution in [0.5, 0.6) is 0 Å². The molecule has 0 unspecified atom stereocenters. The van der Waals surface area contributed by atoms with Crippen LogP contribution in [0.4, 0.5) is 0 Å². The number of aromatic nitrogens is 1. The van der Waals surface area contributed by atoms with Crippen molar-refractivity contribution in [2.75, 3.05) is 0 Å². The van der Waals surface area contributed by atoms with Gasteiger partial charge in [-0.05, 0) is 25.1 Å².